The second-order valence-corrected chi connectivity index (χ2v) is 3.53. The summed E-state index contributed by atoms with van der Waals surface area (Å²) < 4.78 is 0. The number of hydrogen-bond donors (Lipinski definition) is 4. The van der Waals surface area contributed by atoms with Crippen LogP contribution < -0.4 is 11.1 Å². The number of carbonyl (C=O) groups excluding carboxylic acids is 1. The summed E-state index contributed by atoms with van der Waals surface area (Å²) in [5, 5.41) is 21.1. The SMILES string of the molecule is [NH3+]CCC(=O)NCCc1ccc(O)c(O)c1. The minimum absolute atomic E-state index is 0.0157. The van der Waals surface area contributed by atoms with Gasteiger partial charge in [-0.3, -0.25) is 4.79 Å². The lowest BCUT2D eigenvalue weighted by molar-refractivity contribution is -0.366. The van der Waals surface area contributed by atoms with Crippen LogP contribution in [-0.4, -0.2) is 29.2 Å². The molecule has 5 nitrogen and oxygen atoms in total. The Morgan fingerprint density at radius 2 is 2.06 bits per heavy atom. The molecule has 0 bridgehead atoms. The fraction of sp³-hybridized carbons (Fsp3) is 0.364. The zero-order chi connectivity index (χ0) is 12.0. The third-order valence-electron chi connectivity index (χ3n) is 2.18. The van der Waals surface area contributed by atoms with Crippen molar-refractivity contribution in [1.82, 2.24) is 5.32 Å². The van der Waals surface area contributed by atoms with E-state index in [0.29, 0.717) is 25.9 Å². The molecule has 0 atom stereocenters. The average Bonchev–Trinajstić information content (AvgIpc) is 2.24. The summed E-state index contributed by atoms with van der Waals surface area (Å²) in [5.74, 6) is -0.288. The Hall–Kier alpha value is -1.75. The third-order valence-corrected chi connectivity index (χ3v) is 2.18. The Labute approximate surface area is 93.9 Å². The number of quaternary nitrogens is 1. The van der Waals surface area contributed by atoms with Gasteiger partial charge in [-0.15, -0.1) is 0 Å². The molecule has 0 unspecified atom stereocenters. The van der Waals surface area contributed by atoms with E-state index in [9.17, 15) is 9.90 Å². The van der Waals surface area contributed by atoms with Crippen LogP contribution in [0.3, 0.4) is 0 Å². The first kappa shape index (κ1) is 12.3. The zero-order valence-corrected chi connectivity index (χ0v) is 9.07. The molecule has 0 aromatic heterocycles. The minimum atomic E-state index is -0.137. The van der Waals surface area contributed by atoms with E-state index >= 15 is 0 Å². The van der Waals surface area contributed by atoms with Gasteiger partial charge in [0.05, 0.1) is 13.0 Å². The highest BCUT2D eigenvalue weighted by Crippen LogP contribution is 2.24. The van der Waals surface area contributed by atoms with Gasteiger partial charge >= 0.3 is 0 Å². The molecule has 5 heteroatoms. The highest BCUT2D eigenvalue weighted by atomic mass is 16.3. The van der Waals surface area contributed by atoms with Crippen molar-refractivity contribution in [1.29, 1.82) is 0 Å². The van der Waals surface area contributed by atoms with Crippen molar-refractivity contribution in [3.05, 3.63) is 23.8 Å². The largest absolute Gasteiger partial charge is 0.504 e. The van der Waals surface area contributed by atoms with Crippen LogP contribution in [0, 0.1) is 0 Å². The number of aromatic hydroxyl groups is 2. The van der Waals surface area contributed by atoms with E-state index in [0.717, 1.165) is 5.56 Å². The molecule has 0 aliphatic carbocycles. The van der Waals surface area contributed by atoms with Gasteiger partial charge in [0, 0.05) is 6.54 Å². The number of amides is 1. The van der Waals surface area contributed by atoms with Crippen molar-refractivity contribution in [2.75, 3.05) is 13.1 Å². The topological polar surface area (TPSA) is 97.2 Å². The summed E-state index contributed by atoms with van der Waals surface area (Å²) in [6.45, 7) is 1.11. The number of carbonyl (C=O) groups is 1. The number of nitrogens with one attached hydrogen (secondary N) is 1. The van der Waals surface area contributed by atoms with Crippen LogP contribution in [0.15, 0.2) is 18.2 Å². The van der Waals surface area contributed by atoms with Crippen molar-refractivity contribution < 1.29 is 20.7 Å². The first-order chi connectivity index (χ1) is 7.63. The van der Waals surface area contributed by atoms with Crippen molar-refractivity contribution >= 4 is 5.91 Å². The molecule has 16 heavy (non-hydrogen) atoms. The molecule has 1 amide bonds. The van der Waals surface area contributed by atoms with Crippen LogP contribution in [-0.2, 0) is 11.2 Å². The van der Waals surface area contributed by atoms with Crippen LogP contribution >= 0.6 is 0 Å². The van der Waals surface area contributed by atoms with Gasteiger partial charge in [0.1, 0.15) is 0 Å². The Morgan fingerprint density at radius 1 is 1.31 bits per heavy atom. The van der Waals surface area contributed by atoms with E-state index in [1.165, 1.54) is 12.1 Å². The van der Waals surface area contributed by atoms with Crippen molar-refractivity contribution in [3.63, 3.8) is 0 Å². The smallest absolute Gasteiger partial charge is 0.225 e. The number of hydrogen-bond acceptors (Lipinski definition) is 3. The van der Waals surface area contributed by atoms with Gasteiger partial charge in [-0.1, -0.05) is 6.07 Å². The normalized spacial score (nSPS) is 10.1. The molecule has 0 spiro atoms. The predicted octanol–water partition coefficient (Wildman–Crippen LogP) is -0.612. The van der Waals surface area contributed by atoms with Gasteiger partial charge in [0.15, 0.2) is 11.5 Å². The number of benzene rings is 1. The summed E-state index contributed by atoms with van der Waals surface area (Å²) in [6, 6.07) is 4.63. The van der Waals surface area contributed by atoms with Crippen molar-refractivity contribution in [2.24, 2.45) is 0 Å². The molecule has 0 aliphatic heterocycles. The maximum absolute atomic E-state index is 11.1. The molecule has 1 aromatic carbocycles. The predicted molar refractivity (Wildman–Crippen MR) is 58.9 cm³/mol. The number of phenols is 2. The molecule has 1 aromatic rings. The second kappa shape index (κ2) is 5.97. The van der Waals surface area contributed by atoms with Gasteiger partial charge < -0.3 is 21.3 Å². The Balaban J connectivity index is 2.37. The molecule has 0 aliphatic rings. The summed E-state index contributed by atoms with van der Waals surface area (Å²) in [7, 11) is 0. The summed E-state index contributed by atoms with van der Waals surface area (Å²) in [6.07, 6.45) is 1.05. The average molecular weight is 225 g/mol. The van der Waals surface area contributed by atoms with Crippen LogP contribution in [0.25, 0.3) is 0 Å². The monoisotopic (exact) mass is 225 g/mol. The fourth-order valence-corrected chi connectivity index (χ4v) is 1.32. The molecule has 0 heterocycles. The minimum Gasteiger partial charge on any atom is -0.504 e. The van der Waals surface area contributed by atoms with E-state index in [2.05, 4.69) is 11.1 Å². The lowest BCUT2D eigenvalue weighted by Gasteiger charge is -2.05. The lowest BCUT2D eigenvalue weighted by Crippen LogP contribution is -2.51. The maximum atomic E-state index is 11.1. The zero-order valence-electron chi connectivity index (χ0n) is 9.07. The molecule has 0 saturated heterocycles. The molecule has 0 saturated carbocycles. The fourth-order valence-electron chi connectivity index (χ4n) is 1.32. The summed E-state index contributed by atoms with van der Waals surface area (Å²) >= 11 is 0. The van der Waals surface area contributed by atoms with Crippen LogP contribution in [0.5, 0.6) is 11.5 Å². The number of rotatable bonds is 5. The van der Waals surface area contributed by atoms with E-state index in [1.54, 1.807) is 6.07 Å². The van der Waals surface area contributed by atoms with Gasteiger partial charge in [-0.2, -0.15) is 0 Å². The first-order valence-electron chi connectivity index (χ1n) is 5.20. The lowest BCUT2D eigenvalue weighted by atomic mass is 10.1. The van der Waals surface area contributed by atoms with E-state index < -0.39 is 0 Å². The molecular weight excluding hydrogens is 208 g/mol. The molecular formula is C11H17N2O3+. The molecule has 0 radical (unpaired) electrons. The molecule has 6 N–H and O–H groups in total. The quantitative estimate of drug-likeness (QED) is 0.503. The second-order valence-electron chi connectivity index (χ2n) is 3.53. The Bertz CT molecular complexity index is 366. The number of phenolic OH excluding ortho intramolecular Hbond substituents is 2. The van der Waals surface area contributed by atoms with E-state index in [-0.39, 0.29) is 17.4 Å². The summed E-state index contributed by atoms with van der Waals surface area (Å²) in [5.41, 5.74) is 4.46. The van der Waals surface area contributed by atoms with Gasteiger partial charge in [-0.25, -0.2) is 0 Å². The first-order valence-corrected chi connectivity index (χ1v) is 5.20. The van der Waals surface area contributed by atoms with Crippen molar-refractivity contribution in [2.45, 2.75) is 12.8 Å². The van der Waals surface area contributed by atoms with Crippen LogP contribution in [0.4, 0.5) is 0 Å². The van der Waals surface area contributed by atoms with Crippen LogP contribution in [0.2, 0.25) is 0 Å². The highest BCUT2D eigenvalue weighted by molar-refractivity contribution is 5.75. The van der Waals surface area contributed by atoms with E-state index in [1.807, 2.05) is 0 Å². The molecule has 88 valence electrons. The van der Waals surface area contributed by atoms with Gasteiger partial charge in [0.2, 0.25) is 5.91 Å². The summed E-state index contributed by atoms with van der Waals surface area (Å²) in [4.78, 5) is 11.1. The standard InChI is InChI=1S/C11H16N2O3/c12-5-3-11(16)13-6-4-8-1-2-9(14)10(15)7-8/h1-2,7,14-15H,3-6,12H2,(H,13,16)/p+1. The van der Waals surface area contributed by atoms with Gasteiger partial charge in [-0.05, 0) is 24.1 Å². The highest BCUT2D eigenvalue weighted by Gasteiger charge is 2.02. The Morgan fingerprint density at radius 3 is 2.69 bits per heavy atom. The molecule has 1 rings (SSSR count). The van der Waals surface area contributed by atoms with Crippen LogP contribution in [0.1, 0.15) is 12.0 Å². The molecule has 0 fully saturated rings. The third kappa shape index (κ3) is 3.78. The maximum Gasteiger partial charge on any atom is 0.225 e. The van der Waals surface area contributed by atoms with Gasteiger partial charge in [0.25, 0.3) is 0 Å². The van der Waals surface area contributed by atoms with Crippen molar-refractivity contribution in [3.8, 4) is 11.5 Å². The Kier molecular flexibility index (Phi) is 4.60. The van der Waals surface area contributed by atoms with E-state index in [4.69, 9.17) is 5.11 Å².